The first-order valence-electron chi connectivity index (χ1n) is 8.32. The summed E-state index contributed by atoms with van der Waals surface area (Å²) >= 11 is 6.27. The third kappa shape index (κ3) is 4.09. The van der Waals surface area contributed by atoms with Crippen molar-refractivity contribution in [1.82, 2.24) is 15.1 Å². The molecule has 25 heavy (non-hydrogen) atoms. The molecule has 0 amide bonds. The summed E-state index contributed by atoms with van der Waals surface area (Å²) in [6.07, 6.45) is 3.25. The second kappa shape index (κ2) is 7.81. The Morgan fingerprint density at radius 2 is 2.12 bits per heavy atom. The molecule has 0 aliphatic carbocycles. The van der Waals surface area contributed by atoms with E-state index in [1.165, 1.54) is 6.20 Å². The fraction of sp³-hybridized carbons (Fsp3) is 0.529. The van der Waals surface area contributed by atoms with E-state index in [-0.39, 0.29) is 17.9 Å². The van der Waals surface area contributed by atoms with Crippen molar-refractivity contribution in [2.24, 2.45) is 5.92 Å². The molecule has 0 unspecified atom stereocenters. The number of nitrogens with one attached hydrogen (secondary N) is 1. The minimum absolute atomic E-state index is 0.185. The molecular weight excluding hydrogens is 342 g/mol. The lowest BCUT2D eigenvalue weighted by molar-refractivity contribution is 0.0571. The Balaban J connectivity index is 1.89. The molecule has 0 aromatic carbocycles. The number of pyridine rings is 1. The van der Waals surface area contributed by atoms with E-state index in [9.17, 15) is 0 Å². The van der Waals surface area contributed by atoms with Gasteiger partial charge in [-0.05, 0) is 24.8 Å². The van der Waals surface area contributed by atoms with Gasteiger partial charge in [0, 0.05) is 25.3 Å². The van der Waals surface area contributed by atoms with Gasteiger partial charge in [-0.1, -0.05) is 30.6 Å². The van der Waals surface area contributed by atoms with Crippen LogP contribution in [0.2, 0.25) is 5.02 Å². The van der Waals surface area contributed by atoms with Gasteiger partial charge in [-0.2, -0.15) is 10.2 Å². The maximum atomic E-state index is 8.96. The van der Waals surface area contributed by atoms with Crippen LogP contribution in [0, 0.1) is 17.2 Å². The standard InChI is InChI=1S/C17H20ClN5O2/c1-10(2)15-22-17(25-23-15)14(12-3-5-24-6-4-12)21-16-13(18)7-11(8-19)9-20-16/h7,9-10,12,14H,3-6H2,1-2H3,(H,20,21)/t14-/m0/s1. The van der Waals surface area contributed by atoms with Crippen LogP contribution in [0.4, 0.5) is 5.82 Å². The minimum atomic E-state index is -0.207. The second-order valence-corrected chi connectivity index (χ2v) is 6.79. The molecule has 2 aromatic rings. The lowest BCUT2D eigenvalue weighted by atomic mass is 9.91. The van der Waals surface area contributed by atoms with Crippen molar-refractivity contribution in [1.29, 1.82) is 5.26 Å². The molecule has 132 valence electrons. The summed E-state index contributed by atoms with van der Waals surface area (Å²) in [6.45, 7) is 5.43. The Bertz CT molecular complexity index is 765. The molecule has 2 aromatic heterocycles. The van der Waals surface area contributed by atoms with Crippen molar-refractivity contribution in [2.45, 2.75) is 38.6 Å². The van der Waals surface area contributed by atoms with Gasteiger partial charge in [-0.3, -0.25) is 0 Å². The van der Waals surface area contributed by atoms with E-state index in [1.54, 1.807) is 6.07 Å². The zero-order valence-corrected chi connectivity index (χ0v) is 15.0. The average molecular weight is 362 g/mol. The lowest BCUT2D eigenvalue weighted by Gasteiger charge is -2.29. The van der Waals surface area contributed by atoms with E-state index in [0.717, 1.165) is 12.8 Å². The van der Waals surface area contributed by atoms with Gasteiger partial charge in [0.1, 0.15) is 17.9 Å². The summed E-state index contributed by atoms with van der Waals surface area (Å²) < 4.78 is 11.0. The van der Waals surface area contributed by atoms with Crippen molar-refractivity contribution in [3.63, 3.8) is 0 Å². The van der Waals surface area contributed by atoms with Crippen LogP contribution in [0.3, 0.4) is 0 Å². The molecular formula is C17H20ClN5O2. The van der Waals surface area contributed by atoms with Gasteiger partial charge >= 0.3 is 0 Å². The highest BCUT2D eigenvalue weighted by molar-refractivity contribution is 6.33. The fourth-order valence-electron chi connectivity index (χ4n) is 2.79. The molecule has 1 fully saturated rings. The number of ether oxygens (including phenoxy) is 1. The van der Waals surface area contributed by atoms with Gasteiger partial charge in [0.2, 0.25) is 5.89 Å². The first kappa shape index (κ1) is 17.6. The largest absolute Gasteiger partial charge is 0.381 e. The summed E-state index contributed by atoms with van der Waals surface area (Å²) in [5, 5.41) is 16.7. The molecule has 0 bridgehead atoms. The summed E-state index contributed by atoms with van der Waals surface area (Å²) in [5.74, 6) is 2.15. The van der Waals surface area contributed by atoms with Gasteiger partial charge in [0.05, 0.1) is 10.6 Å². The third-order valence-corrected chi connectivity index (χ3v) is 4.53. The van der Waals surface area contributed by atoms with E-state index in [4.69, 9.17) is 26.1 Å². The molecule has 1 atom stereocenters. The summed E-state index contributed by atoms with van der Waals surface area (Å²) in [7, 11) is 0. The number of anilines is 1. The third-order valence-electron chi connectivity index (χ3n) is 4.24. The van der Waals surface area contributed by atoms with Gasteiger partial charge in [-0.15, -0.1) is 0 Å². The molecule has 0 radical (unpaired) electrons. The van der Waals surface area contributed by atoms with E-state index in [0.29, 0.717) is 41.3 Å². The number of halogens is 1. The number of rotatable bonds is 5. The van der Waals surface area contributed by atoms with Crippen LogP contribution in [0.5, 0.6) is 0 Å². The smallest absolute Gasteiger partial charge is 0.249 e. The van der Waals surface area contributed by atoms with E-state index < -0.39 is 0 Å². The van der Waals surface area contributed by atoms with Crippen LogP contribution < -0.4 is 5.32 Å². The molecule has 8 heteroatoms. The number of hydrogen-bond donors (Lipinski definition) is 1. The van der Waals surface area contributed by atoms with Gasteiger partial charge < -0.3 is 14.6 Å². The van der Waals surface area contributed by atoms with Crippen LogP contribution in [-0.4, -0.2) is 28.3 Å². The molecule has 1 N–H and O–H groups in total. The Hall–Kier alpha value is -2.17. The Kier molecular flexibility index (Phi) is 5.51. The van der Waals surface area contributed by atoms with Crippen molar-refractivity contribution < 1.29 is 9.26 Å². The molecule has 3 rings (SSSR count). The summed E-state index contributed by atoms with van der Waals surface area (Å²) in [5.41, 5.74) is 0.415. The number of nitrogens with zero attached hydrogens (tertiary/aromatic N) is 4. The van der Waals surface area contributed by atoms with Crippen molar-refractivity contribution in [2.75, 3.05) is 18.5 Å². The number of aromatic nitrogens is 3. The summed E-state index contributed by atoms with van der Waals surface area (Å²) in [6, 6.07) is 3.41. The normalized spacial score (nSPS) is 16.6. The van der Waals surface area contributed by atoms with E-state index in [1.807, 2.05) is 19.9 Å². The van der Waals surface area contributed by atoms with E-state index in [2.05, 4.69) is 20.4 Å². The van der Waals surface area contributed by atoms with Gasteiger partial charge in [-0.25, -0.2) is 4.98 Å². The molecule has 0 spiro atoms. The minimum Gasteiger partial charge on any atom is -0.381 e. The quantitative estimate of drug-likeness (QED) is 0.867. The van der Waals surface area contributed by atoms with Gasteiger partial charge in [0.25, 0.3) is 0 Å². The van der Waals surface area contributed by atoms with Crippen LogP contribution in [-0.2, 0) is 4.74 Å². The van der Waals surface area contributed by atoms with E-state index >= 15 is 0 Å². The summed E-state index contributed by atoms with van der Waals surface area (Å²) in [4.78, 5) is 8.81. The van der Waals surface area contributed by atoms with Crippen LogP contribution in [0.15, 0.2) is 16.8 Å². The molecule has 3 heterocycles. The number of hydrogen-bond acceptors (Lipinski definition) is 7. The van der Waals surface area contributed by atoms with Crippen LogP contribution >= 0.6 is 11.6 Å². The van der Waals surface area contributed by atoms with Crippen LogP contribution in [0.25, 0.3) is 0 Å². The lowest BCUT2D eigenvalue weighted by Crippen LogP contribution is -2.27. The predicted octanol–water partition coefficient (Wildman–Crippen LogP) is 3.69. The first-order valence-corrected chi connectivity index (χ1v) is 8.69. The maximum absolute atomic E-state index is 8.96. The predicted molar refractivity (Wildman–Crippen MR) is 92.3 cm³/mol. The molecule has 1 saturated heterocycles. The Labute approximate surface area is 151 Å². The monoisotopic (exact) mass is 361 g/mol. The SMILES string of the molecule is CC(C)c1noc([C@@H](Nc2ncc(C#N)cc2Cl)C2CCOCC2)n1. The average Bonchev–Trinajstić information content (AvgIpc) is 3.11. The molecule has 0 saturated carbocycles. The van der Waals surface area contributed by atoms with Crippen molar-refractivity contribution in [3.05, 3.63) is 34.6 Å². The Morgan fingerprint density at radius 3 is 2.72 bits per heavy atom. The van der Waals surface area contributed by atoms with Crippen LogP contribution in [0.1, 0.15) is 55.9 Å². The molecule has 1 aliphatic rings. The van der Waals surface area contributed by atoms with Gasteiger partial charge in [0.15, 0.2) is 5.82 Å². The Morgan fingerprint density at radius 1 is 1.36 bits per heavy atom. The molecule has 1 aliphatic heterocycles. The zero-order valence-electron chi connectivity index (χ0n) is 14.2. The topological polar surface area (TPSA) is 96.9 Å². The highest BCUT2D eigenvalue weighted by Gasteiger charge is 2.31. The van der Waals surface area contributed by atoms with Crippen molar-refractivity contribution >= 4 is 17.4 Å². The molecule has 7 nitrogen and oxygen atoms in total. The maximum Gasteiger partial charge on any atom is 0.249 e. The zero-order chi connectivity index (χ0) is 17.8. The second-order valence-electron chi connectivity index (χ2n) is 6.38. The highest BCUT2D eigenvalue weighted by Crippen LogP contribution is 2.34. The highest BCUT2D eigenvalue weighted by atomic mass is 35.5. The first-order chi connectivity index (χ1) is 12.1. The van der Waals surface area contributed by atoms with Crippen molar-refractivity contribution in [3.8, 4) is 6.07 Å². The number of nitriles is 1. The fourth-order valence-corrected chi connectivity index (χ4v) is 3.01.